The number of likely N-dealkylation sites (tertiary alicyclic amines) is 1. The van der Waals surface area contributed by atoms with Crippen LogP contribution in [0.25, 0.3) is 0 Å². The Morgan fingerprint density at radius 3 is 2.65 bits per heavy atom. The topological polar surface area (TPSA) is 12.5 Å². The number of methoxy groups -OCH3 is 1. The summed E-state index contributed by atoms with van der Waals surface area (Å²) in [6.07, 6.45) is 3.78. The maximum absolute atomic E-state index is 5.58. The highest BCUT2D eigenvalue weighted by atomic mass is 79.9. The molecular formula is C13H16BrNOS. The van der Waals surface area contributed by atoms with Gasteiger partial charge in [-0.05, 0) is 37.5 Å². The van der Waals surface area contributed by atoms with E-state index in [1.54, 1.807) is 7.11 Å². The number of nitrogens with zero attached hydrogens (tertiary/aromatic N) is 1. The van der Waals surface area contributed by atoms with Gasteiger partial charge in [0.25, 0.3) is 0 Å². The van der Waals surface area contributed by atoms with E-state index in [4.69, 9.17) is 17.0 Å². The van der Waals surface area contributed by atoms with Crippen molar-refractivity contribution in [3.8, 4) is 5.75 Å². The van der Waals surface area contributed by atoms with Gasteiger partial charge in [0.15, 0.2) is 0 Å². The van der Waals surface area contributed by atoms with Crippen molar-refractivity contribution in [2.24, 2.45) is 0 Å². The Bertz CT molecular complexity index is 416. The van der Waals surface area contributed by atoms with Gasteiger partial charge < -0.3 is 9.64 Å². The molecule has 2 nitrogen and oxygen atoms in total. The molecule has 17 heavy (non-hydrogen) atoms. The van der Waals surface area contributed by atoms with Crippen LogP contribution in [0, 0.1) is 0 Å². The number of hydrogen-bond acceptors (Lipinski definition) is 2. The van der Waals surface area contributed by atoms with Crippen LogP contribution in [-0.4, -0.2) is 30.1 Å². The molecule has 4 heteroatoms. The molecule has 0 aliphatic carbocycles. The number of halogens is 1. The average Bonchev–Trinajstić information content (AvgIpc) is 2.39. The first kappa shape index (κ1) is 12.8. The lowest BCUT2D eigenvalue weighted by atomic mass is 10.1. The van der Waals surface area contributed by atoms with Crippen molar-refractivity contribution < 1.29 is 4.74 Å². The molecule has 2 rings (SSSR count). The zero-order chi connectivity index (χ0) is 12.3. The van der Waals surface area contributed by atoms with E-state index in [-0.39, 0.29) is 0 Å². The van der Waals surface area contributed by atoms with E-state index in [1.807, 2.05) is 18.2 Å². The van der Waals surface area contributed by atoms with Gasteiger partial charge in [0.2, 0.25) is 0 Å². The molecule has 0 saturated carbocycles. The van der Waals surface area contributed by atoms with Crippen LogP contribution in [0.1, 0.15) is 24.8 Å². The first-order valence-corrected chi connectivity index (χ1v) is 7.05. The second-order valence-corrected chi connectivity index (χ2v) is 5.50. The number of thiocarbonyl (C=S) groups is 1. The van der Waals surface area contributed by atoms with E-state index in [0.29, 0.717) is 0 Å². The predicted molar refractivity (Wildman–Crippen MR) is 77.8 cm³/mol. The van der Waals surface area contributed by atoms with Crippen LogP contribution in [0.5, 0.6) is 5.75 Å². The molecule has 1 aliphatic heterocycles. The minimum absolute atomic E-state index is 0.851. The van der Waals surface area contributed by atoms with Crippen LogP contribution in [0.15, 0.2) is 22.7 Å². The fraction of sp³-hybridized carbons (Fsp3) is 0.462. The molecule has 1 saturated heterocycles. The van der Waals surface area contributed by atoms with Gasteiger partial charge in [-0.1, -0.05) is 28.1 Å². The van der Waals surface area contributed by atoms with Crippen LogP contribution in [-0.2, 0) is 0 Å². The lowest BCUT2D eigenvalue weighted by Crippen LogP contribution is -2.35. The summed E-state index contributed by atoms with van der Waals surface area (Å²) in [4.78, 5) is 3.19. The second kappa shape index (κ2) is 5.83. The van der Waals surface area contributed by atoms with E-state index in [1.165, 1.54) is 19.3 Å². The van der Waals surface area contributed by atoms with E-state index in [2.05, 4.69) is 20.8 Å². The molecule has 1 heterocycles. The summed E-state index contributed by atoms with van der Waals surface area (Å²) in [5.41, 5.74) is 1.01. The largest absolute Gasteiger partial charge is 0.496 e. The van der Waals surface area contributed by atoms with Crippen molar-refractivity contribution >= 4 is 33.1 Å². The zero-order valence-corrected chi connectivity index (χ0v) is 12.3. The Hall–Kier alpha value is -0.610. The molecule has 1 fully saturated rings. The fourth-order valence-corrected chi connectivity index (χ4v) is 2.82. The van der Waals surface area contributed by atoms with Gasteiger partial charge in [-0.3, -0.25) is 0 Å². The van der Waals surface area contributed by atoms with E-state index in [9.17, 15) is 0 Å². The Labute approximate surface area is 116 Å². The summed E-state index contributed by atoms with van der Waals surface area (Å²) in [7, 11) is 1.69. The Morgan fingerprint density at radius 2 is 2.00 bits per heavy atom. The molecule has 0 aromatic heterocycles. The molecule has 0 amide bonds. The lowest BCUT2D eigenvalue weighted by molar-refractivity contribution is 0.346. The Kier molecular flexibility index (Phi) is 4.40. The third-order valence-corrected chi connectivity index (χ3v) is 4.01. The number of benzene rings is 1. The maximum atomic E-state index is 5.58. The Balaban J connectivity index is 2.25. The van der Waals surface area contributed by atoms with Gasteiger partial charge in [0.1, 0.15) is 10.7 Å². The first-order valence-electron chi connectivity index (χ1n) is 5.85. The van der Waals surface area contributed by atoms with Crippen molar-refractivity contribution in [2.45, 2.75) is 19.3 Å². The van der Waals surface area contributed by atoms with Crippen molar-refractivity contribution in [3.05, 3.63) is 28.2 Å². The highest BCUT2D eigenvalue weighted by molar-refractivity contribution is 9.10. The highest BCUT2D eigenvalue weighted by Crippen LogP contribution is 2.26. The SMILES string of the molecule is COc1ccc(Br)cc1C(=S)N1CCCCC1. The van der Waals surface area contributed by atoms with Crippen molar-refractivity contribution in [1.82, 2.24) is 4.90 Å². The van der Waals surface area contributed by atoms with E-state index >= 15 is 0 Å². The molecule has 0 spiro atoms. The van der Waals surface area contributed by atoms with Crippen LogP contribution in [0.3, 0.4) is 0 Å². The first-order chi connectivity index (χ1) is 8.22. The third kappa shape index (κ3) is 2.99. The molecule has 1 aliphatic rings. The third-order valence-electron chi connectivity index (χ3n) is 3.04. The normalized spacial score (nSPS) is 15.8. The van der Waals surface area contributed by atoms with Crippen LogP contribution in [0.4, 0.5) is 0 Å². The predicted octanol–water partition coefficient (Wildman–Crippen LogP) is 3.62. The summed E-state index contributed by atoms with van der Waals surface area (Å²) in [6, 6.07) is 5.96. The summed E-state index contributed by atoms with van der Waals surface area (Å²) >= 11 is 9.06. The van der Waals surface area contributed by atoms with Gasteiger partial charge >= 0.3 is 0 Å². The molecule has 0 radical (unpaired) electrons. The van der Waals surface area contributed by atoms with Crippen molar-refractivity contribution in [1.29, 1.82) is 0 Å². The highest BCUT2D eigenvalue weighted by Gasteiger charge is 2.18. The fourth-order valence-electron chi connectivity index (χ4n) is 2.11. The van der Waals surface area contributed by atoms with Crippen LogP contribution >= 0.6 is 28.1 Å². The minimum Gasteiger partial charge on any atom is -0.496 e. The quantitative estimate of drug-likeness (QED) is 0.774. The monoisotopic (exact) mass is 313 g/mol. The van der Waals surface area contributed by atoms with Gasteiger partial charge in [-0.25, -0.2) is 0 Å². The van der Waals surface area contributed by atoms with Gasteiger partial charge in [-0.15, -0.1) is 0 Å². The van der Waals surface area contributed by atoms with Gasteiger partial charge in [-0.2, -0.15) is 0 Å². The molecule has 92 valence electrons. The van der Waals surface area contributed by atoms with Gasteiger partial charge in [0.05, 0.1) is 12.7 Å². The number of ether oxygens (including phenoxy) is 1. The lowest BCUT2D eigenvalue weighted by Gasteiger charge is -2.29. The van der Waals surface area contributed by atoms with Crippen LogP contribution in [0.2, 0.25) is 0 Å². The smallest absolute Gasteiger partial charge is 0.129 e. The average molecular weight is 314 g/mol. The minimum atomic E-state index is 0.851. The molecular weight excluding hydrogens is 298 g/mol. The summed E-state index contributed by atoms with van der Waals surface area (Å²) in [5.74, 6) is 0.851. The summed E-state index contributed by atoms with van der Waals surface area (Å²) < 4.78 is 6.41. The molecule has 1 aromatic rings. The van der Waals surface area contributed by atoms with Crippen LogP contribution < -0.4 is 4.74 Å². The van der Waals surface area contributed by atoms with Gasteiger partial charge in [0, 0.05) is 17.6 Å². The van der Waals surface area contributed by atoms with Crippen molar-refractivity contribution in [2.75, 3.05) is 20.2 Å². The van der Waals surface area contributed by atoms with E-state index < -0.39 is 0 Å². The second-order valence-electron chi connectivity index (χ2n) is 4.20. The molecule has 0 bridgehead atoms. The molecule has 0 N–H and O–H groups in total. The number of piperidine rings is 1. The zero-order valence-electron chi connectivity index (χ0n) is 9.91. The Morgan fingerprint density at radius 1 is 1.29 bits per heavy atom. The van der Waals surface area contributed by atoms with E-state index in [0.717, 1.165) is 33.9 Å². The number of rotatable bonds is 2. The molecule has 0 atom stereocenters. The summed E-state index contributed by atoms with van der Waals surface area (Å²) in [5, 5.41) is 0. The maximum Gasteiger partial charge on any atom is 0.129 e. The number of hydrogen-bond donors (Lipinski definition) is 0. The molecule has 1 aromatic carbocycles. The molecule has 0 unspecified atom stereocenters. The van der Waals surface area contributed by atoms with Crippen molar-refractivity contribution in [3.63, 3.8) is 0 Å². The standard InChI is InChI=1S/C13H16BrNOS/c1-16-12-6-5-10(14)9-11(12)13(17)15-7-3-2-4-8-15/h5-6,9H,2-4,7-8H2,1H3. The summed E-state index contributed by atoms with van der Waals surface area (Å²) in [6.45, 7) is 2.13.